The highest BCUT2D eigenvalue weighted by Crippen LogP contribution is 2.14. The average Bonchev–Trinajstić information content (AvgIpc) is 2.71. The van der Waals surface area contributed by atoms with Crippen molar-refractivity contribution in [1.82, 2.24) is 10.6 Å². The third-order valence-electron chi connectivity index (χ3n) is 3.92. The molecule has 2 amide bonds. The summed E-state index contributed by atoms with van der Waals surface area (Å²) in [5, 5.41) is 5.39. The van der Waals surface area contributed by atoms with E-state index < -0.39 is 0 Å². The highest BCUT2D eigenvalue weighted by atomic mass is 16.5. The van der Waals surface area contributed by atoms with Crippen LogP contribution in [0, 0.1) is 0 Å². The summed E-state index contributed by atoms with van der Waals surface area (Å²) in [6.45, 7) is 3.09. The van der Waals surface area contributed by atoms with Crippen LogP contribution in [0.1, 0.15) is 35.7 Å². The van der Waals surface area contributed by atoms with Crippen LogP contribution in [0.2, 0.25) is 0 Å². The van der Waals surface area contributed by atoms with Crippen molar-refractivity contribution in [3.8, 4) is 11.5 Å². The van der Waals surface area contributed by atoms with Gasteiger partial charge in [0.05, 0.1) is 20.3 Å². The first-order valence-corrected chi connectivity index (χ1v) is 9.03. The topological polar surface area (TPSA) is 76.7 Å². The van der Waals surface area contributed by atoms with E-state index in [9.17, 15) is 9.59 Å². The molecular weight excluding hydrogens is 344 g/mol. The Morgan fingerprint density at radius 3 is 2.48 bits per heavy atom. The predicted octanol–water partition coefficient (Wildman–Crippen LogP) is 2.92. The van der Waals surface area contributed by atoms with Crippen molar-refractivity contribution in [2.75, 3.05) is 20.3 Å². The molecule has 2 rings (SSSR count). The molecule has 0 unspecified atom stereocenters. The zero-order valence-electron chi connectivity index (χ0n) is 15.8. The normalized spacial score (nSPS) is 10.1. The van der Waals surface area contributed by atoms with Crippen LogP contribution in [0.15, 0.2) is 48.5 Å². The second-order valence-electron chi connectivity index (χ2n) is 6.04. The number of hydrogen-bond donors (Lipinski definition) is 2. The first-order chi connectivity index (χ1) is 13.1. The lowest BCUT2D eigenvalue weighted by Gasteiger charge is -2.09. The molecule has 27 heavy (non-hydrogen) atoms. The molecule has 0 fully saturated rings. The summed E-state index contributed by atoms with van der Waals surface area (Å²) in [4.78, 5) is 24.0. The van der Waals surface area contributed by atoms with Crippen molar-refractivity contribution in [2.24, 2.45) is 0 Å². The molecule has 0 aliphatic heterocycles. The van der Waals surface area contributed by atoms with Crippen molar-refractivity contribution in [3.63, 3.8) is 0 Å². The van der Waals surface area contributed by atoms with Crippen molar-refractivity contribution in [3.05, 3.63) is 59.7 Å². The molecule has 0 heterocycles. The molecule has 0 spiro atoms. The van der Waals surface area contributed by atoms with Gasteiger partial charge in [0, 0.05) is 12.1 Å². The summed E-state index contributed by atoms with van der Waals surface area (Å²) < 4.78 is 10.7. The van der Waals surface area contributed by atoms with Gasteiger partial charge in [-0.15, -0.1) is 0 Å². The lowest BCUT2D eigenvalue weighted by atomic mass is 10.2. The van der Waals surface area contributed by atoms with Gasteiger partial charge in [0.15, 0.2) is 0 Å². The Morgan fingerprint density at radius 2 is 1.78 bits per heavy atom. The van der Waals surface area contributed by atoms with Gasteiger partial charge in [0.2, 0.25) is 5.91 Å². The fourth-order valence-corrected chi connectivity index (χ4v) is 2.35. The Bertz CT molecular complexity index is 744. The number of carbonyl (C=O) groups is 2. The maximum atomic E-state index is 12.0. The molecule has 6 nitrogen and oxygen atoms in total. The summed E-state index contributed by atoms with van der Waals surface area (Å²) >= 11 is 0. The van der Waals surface area contributed by atoms with Crippen LogP contribution in [0.3, 0.4) is 0 Å². The fraction of sp³-hybridized carbons (Fsp3) is 0.333. The minimum Gasteiger partial charge on any atom is -0.497 e. The largest absolute Gasteiger partial charge is 0.497 e. The van der Waals surface area contributed by atoms with E-state index in [2.05, 4.69) is 17.6 Å². The van der Waals surface area contributed by atoms with Crippen LogP contribution >= 0.6 is 0 Å². The maximum absolute atomic E-state index is 12.0. The molecule has 2 N–H and O–H groups in total. The summed E-state index contributed by atoms with van der Waals surface area (Å²) in [7, 11) is 1.56. The number of nitrogens with one attached hydrogen (secondary N) is 2. The van der Waals surface area contributed by atoms with Gasteiger partial charge in [-0.3, -0.25) is 9.59 Å². The maximum Gasteiger partial charge on any atom is 0.251 e. The van der Waals surface area contributed by atoms with Gasteiger partial charge in [-0.05, 0) is 48.4 Å². The summed E-state index contributed by atoms with van der Waals surface area (Å²) in [5.74, 6) is 0.904. The van der Waals surface area contributed by atoms with Crippen molar-refractivity contribution < 1.29 is 19.1 Å². The first-order valence-electron chi connectivity index (χ1n) is 9.03. The number of rotatable bonds is 10. The fourth-order valence-electron chi connectivity index (χ4n) is 2.35. The lowest BCUT2D eigenvalue weighted by molar-refractivity contribution is -0.120. The van der Waals surface area contributed by atoms with Crippen LogP contribution in [-0.2, 0) is 11.3 Å². The van der Waals surface area contributed by atoms with E-state index in [-0.39, 0.29) is 18.4 Å². The molecule has 0 saturated heterocycles. The van der Waals surface area contributed by atoms with Gasteiger partial charge >= 0.3 is 0 Å². The van der Waals surface area contributed by atoms with Gasteiger partial charge < -0.3 is 20.1 Å². The standard InChI is InChI=1S/C21H26N2O4/c1-3-4-12-27-19-7-5-6-16(13-19)14-22-20(24)15-23-21(25)17-8-10-18(26-2)11-9-17/h5-11,13H,3-4,12,14-15H2,1-2H3,(H,22,24)(H,23,25). The van der Waals surface area contributed by atoms with Crippen LogP contribution in [0.5, 0.6) is 11.5 Å². The zero-order valence-corrected chi connectivity index (χ0v) is 15.8. The minimum atomic E-state index is -0.306. The highest BCUT2D eigenvalue weighted by Gasteiger charge is 2.08. The Labute approximate surface area is 159 Å². The van der Waals surface area contributed by atoms with Crippen LogP contribution in [0.25, 0.3) is 0 Å². The van der Waals surface area contributed by atoms with Crippen LogP contribution in [-0.4, -0.2) is 32.1 Å². The van der Waals surface area contributed by atoms with E-state index in [1.165, 1.54) is 0 Å². The van der Waals surface area contributed by atoms with E-state index in [0.29, 0.717) is 24.5 Å². The average molecular weight is 370 g/mol. The number of amides is 2. The van der Waals surface area contributed by atoms with Gasteiger partial charge in [0.1, 0.15) is 11.5 Å². The lowest BCUT2D eigenvalue weighted by Crippen LogP contribution is -2.36. The monoisotopic (exact) mass is 370 g/mol. The molecule has 0 radical (unpaired) electrons. The van der Waals surface area contributed by atoms with Gasteiger partial charge in [-0.1, -0.05) is 25.5 Å². The number of methoxy groups -OCH3 is 1. The minimum absolute atomic E-state index is 0.0858. The van der Waals surface area contributed by atoms with Crippen molar-refractivity contribution >= 4 is 11.8 Å². The molecule has 0 aliphatic carbocycles. The van der Waals surface area contributed by atoms with Gasteiger partial charge in [-0.2, -0.15) is 0 Å². The van der Waals surface area contributed by atoms with E-state index in [4.69, 9.17) is 9.47 Å². The molecule has 0 aliphatic rings. The molecule has 0 bridgehead atoms. The SMILES string of the molecule is CCCCOc1cccc(CNC(=O)CNC(=O)c2ccc(OC)cc2)c1. The molecule has 2 aromatic rings. The number of benzene rings is 2. The quantitative estimate of drug-likeness (QED) is 0.631. The Balaban J connectivity index is 1.75. The number of unbranched alkanes of at least 4 members (excludes halogenated alkanes) is 1. The molecular formula is C21H26N2O4. The predicted molar refractivity (Wildman–Crippen MR) is 104 cm³/mol. The molecule has 0 aromatic heterocycles. The van der Waals surface area contributed by atoms with Crippen LogP contribution < -0.4 is 20.1 Å². The zero-order chi connectivity index (χ0) is 19.5. The smallest absolute Gasteiger partial charge is 0.251 e. The Morgan fingerprint density at radius 1 is 1.00 bits per heavy atom. The number of ether oxygens (including phenoxy) is 2. The van der Waals surface area contributed by atoms with Crippen LogP contribution in [0.4, 0.5) is 0 Å². The highest BCUT2D eigenvalue weighted by molar-refractivity contribution is 5.96. The molecule has 144 valence electrons. The van der Waals surface area contributed by atoms with Crippen molar-refractivity contribution in [2.45, 2.75) is 26.3 Å². The first kappa shape index (κ1) is 20.3. The Hall–Kier alpha value is -3.02. The van der Waals surface area contributed by atoms with E-state index in [0.717, 1.165) is 24.2 Å². The second kappa shape index (κ2) is 10.9. The summed E-state index contributed by atoms with van der Waals surface area (Å²) in [5.41, 5.74) is 1.42. The molecule has 0 atom stereocenters. The van der Waals surface area contributed by atoms with E-state index in [1.807, 2.05) is 24.3 Å². The summed E-state index contributed by atoms with van der Waals surface area (Å²) in [6, 6.07) is 14.3. The van der Waals surface area contributed by atoms with E-state index >= 15 is 0 Å². The third-order valence-corrected chi connectivity index (χ3v) is 3.92. The molecule has 0 saturated carbocycles. The van der Waals surface area contributed by atoms with Gasteiger partial charge in [0.25, 0.3) is 5.91 Å². The third kappa shape index (κ3) is 7.01. The number of hydrogen-bond acceptors (Lipinski definition) is 4. The Kier molecular flexibility index (Phi) is 8.16. The summed E-state index contributed by atoms with van der Waals surface area (Å²) in [6.07, 6.45) is 2.09. The second-order valence-corrected chi connectivity index (χ2v) is 6.04. The number of carbonyl (C=O) groups excluding carboxylic acids is 2. The molecule has 2 aromatic carbocycles. The van der Waals surface area contributed by atoms with Crippen molar-refractivity contribution in [1.29, 1.82) is 0 Å². The van der Waals surface area contributed by atoms with Gasteiger partial charge in [-0.25, -0.2) is 0 Å². The molecule has 6 heteroatoms. The van der Waals surface area contributed by atoms with E-state index in [1.54, 1.807) is 31.4 Å².